The summed E-state index contributed by atoms with van der Waals surface area (Å²) in [4.78, 5) is 41.5. The Hall–Kier alpha value is -2.67. The highest BCUT2D eigenvalue weighted by molar-refractivity contribution is 8.00. The van der Waals surface area contributed by atoms with Crippen LogP contribution in [-0.4, -0.2) is 28.0 Å². The molecule has 0 saturated carbocycles. The van der Waals surface area contributed by atoms with Gasteiger partial charge >= 0.3 is 0 Å². The fourth-order valence-electron chi connectivity index (χ4n) is 2.78. The van der Waals surface area contributed by atoms with E-state index in [4.69, 9.17) is 0 Å². The molecule has 0 N–H and O–H groups in total. The number of aromatic carboxylic acids is 1. The number of thioether (sulfide) groups is 1. The summed E-state index contributed by atoms with van der Waals surface area (Å²) in [6.07, 6.45) is 1.44. The number of benzene rings is 1. The SMILES string of the molecule is Cc1ccc(N2C(=O)C[C@@H](Sc3ncccc3C(=O)[O-])C2=O)c(C)c1. The molecule has 1 aliphatic heterocycles. The van der Waals surface area contributed by atoms with Crippen molar-refractivity contribution in [1.29, 1.82) is 0 Å². The second-order valence-corrected chi connectivity index (χ2v) is 7.00. The highest BCUT2D eigenvalue weighted by Gasteiger charge is 2.41. The Morgan fingerprint density at radius 3 is 2.72 bits per heavy atom. The van der Waals surface area contributed by atoms with Crippen molar-refractivity contribution in [3.63, 3.8) is 0 Å². The molecule has 1 aromatic carbocycles. The predicted octanol–water partition coefficient (Wildman–Crippen LogP) is 1.49. The van der Waals surface area contributed by atoms with Crippen molar-refractivity contribution >= 4 is 35.2 Å². The first kappa shape index (κ1) is 17.2. The number of nitrogens with zero attached hydrogens (tertiary/aromatic N) is 2. The maximum absolute atomic E-state index is 12.7. The number of hydrogen-bond donors (Lipinski definition) is 0. The van der Waals surface area contributed by atoms with Gasteiger partial charge in [-0.3, -0.25) is 9.59 Å². The highest BCUT2D eigenvalue weighted by Crippen LogP contribution is 2.35. The molecule has 128 valence electrons. The fourth-order valence-corrected chi connectivity index (χ4v) is 3.88. The van der Waals surface area contributed by atoms with Crippen molar-refractivity contribution in [3.8, 4) is 0 Å². The number of carboxylic acids is 1. The fraction of sp³-hybridized carbons (Fsp3) is 0.222. The number of aryl methyl sites for hydroxylation is 2. The van der Waals surface area contributed by atoms with Gasteiger partial charge in [-0.25, -0.2) is 9.88 Å². The van der Waals surface area contributed by atoms with Crippen molar-refractivity contribution in [2.24, 2.45) is 0 Å². The molecule has 0 radical (unpaired) electrons. The third kappa shape index (κ3) is 3.28. The Kier molecular flexibility index (Phi) is 4.59. The molecule has 0 unspecified atom stereocenters. The Morgan fingerprint density at radius 2 is 2.04 bits per heavy atom. The van der Waals surface area contributed by atoms with Gasteiger partial charge in [0.2, 0.25) is 11.8 Å². The Balaban J connectivity index is 1.88. The van der Waals surface area contributed by atoms with Gasteiger partial charge in [0.05, 0.1) is 16.9 Å². The average molecular weight is 355 g/mol. The van der Waals surface area contributed by atoms with Crippen LogP contribution >= 0.6 is 11.8 Å². The monoisotopic (exact) mass is 355 g/mol. The van der Waals surface area contributed by atoms with Crippen LogP contribution in [0.5, 0.6) is 0 Å². The van der Waals surface area contributed by atoms with Crippen molar-refractivity contribution < 1.29 is 19.5 Å². The van der Waals surface area contributed by atoms with Gasteiger partial charge in [-0.05, 0) is 37.6 Å². The summed E-state index contributed by atoms with van der Waals surface area (Å²) in [5.74, 6) is -2.03. The summed E-state index contributed by atoms with van der Waals surface area (Å²) < 4.78 is 0. The number of amides is 2. The topological polar surface area (TPSA) is 90.4 Å². The van der Waals surface area contributed by atoms with Crippen LogP contribution in [0, 0.1) is 13.8 Å². The summed E-state index contributed by atoms with van der Waals surface area (Å²) in [5, 5.41) is 10.6. The normalized spacial score (nSPS) is 17.2. The lowest BCUT2D eigenvalue weighted by molar-refractivity contribution is -0.255. The van der Waals surface area contributed by atoms with E-state index in [-0.39, 0.29) is 28.8 Å². The van der Waals surface area contributed by atoms with E-state index in [9.17, 15) is 19.5 Å². The molecule has 1 aromatic heterocycles. The van der Waals surface area contributed by atoms with Crippen LogP contribution in [-0.2, 0) is 9.59 Å². The van der Waals surface area contributed by atoms with Gasteiger partial charge in [0, 0.05) is 18.2 Å². The van der Waals surface area contributed by atoms with E-state index < -0.39 is 11.2 Å². The number of rotatable bonds is 4. The molecule has 0 spiro atoms. The zero-order valence-electron chi connectivity index (χ0n) is 13.7. The van der Waals surface area contributed by atoms with Crippen molar-refractivity contribution in [2.75, 3.05) is 4.90 Å². The Morgan fingerprint density at radius 1 is 1.28 bits per heavy atom. The smallest absolute Gasteiger partial charge is 0.247 e. The number of carbonyl (C=O) groups is 3. The van der Waals surface area contributed by atoms with Crippen molar-refractivity contribution in [2.45, 2.75) is 30.5 Å². The number of hydrogen-bond acceptors (Lipinski definition) is 6. The minimum absolute atomic E-state index is 0.000121. The lowest BCUT2D eigenvalue weighted by Gasteiger charge is -2.18. The minimum atomic E-state index is -1.36. The van der Waals surface area contributed by atoms with Crippen LogP contribution in [0.1, 0.15) is 27.9 Å². The number of anilines is 1. The largest absolute Gasteiger partial charge is 0.545 e. The maximum Gasteiger partial charge on any atom is 0.247 e. The molecule has 1 aliphatic rings. The highest BCUT2D eigenvalue weighted by atomic mass is 32.2. The van der Waals surface area contributed by atoms with Gasteiger partial charge in [0.15, 0.2) is 0 Å². The average Bonchev–Trinajstić information content (AvgIpc) is 2.82. The molecule has 2 amide bonds. The van der Waals surface area contributed by atoms with Crippen molar-refractivity contribution in [1.82, 2.24) is 4.98 Å². The van der Waals surface area contributed by atoms with E-state index in [2.05, 4.69) is 4.98 Å². The van der Waals surface area contributed by atoms with Crippen LogP contribution in [0.25, 0.3) is 0 Å². The lowest BCUT2D eigenvalue weighted by atomic mass is 10.1. The Bertz CT molecular complexity index is 881. The molecule has 2 aromatic rings. The second-order valence-electron chi connectivity index (χ2n) is 5.81. The summed E-state index contributed by atoms with van der Waals surface area (Å²) in [5.41, 5.74) is 2.35. The standard InChI is InChI=1S/C18H16N2O4S/c1-10-5-6-13(11(2)8-10)20-15(21)9-14(17(20)22)25-16-12(18(23)24)4-3-7-19-16/h3-8,14H,9H2,1-2H3,(H,23,24)/p-1/t14-/m1/s1. The van der Waals surface area contributed by atoms with Crippen LogP contribution in [0.2, 0.25) is 0 Å². The van der Waals surface area contributed by atoms with E-state index in [1.807, 2.05) is 26.0 Å². The minimum Gasteiger partial charge on any atom is -0.545 e. The van der Waals surface area contributed by atoms with E-state index in [1.165, 1.54) is 23.2 Å². The quantitative estimate of drug-likeness (QED) is 0.772. The molecule has 7 heteroatoms. The molecular formula is C18H15N2O4S-. The molecule has 1 saturated heterocycles. The van der Waals surface area contributed by atoms with Crippen molar-refractivity contribution in [3.05, 3.63) is 53.2 Å². The molecular weight excluding hydrogens is 340 g/mol. The maximum atomic E-state index is 12.7. The van der Waals surface area contributed by atoms with Gasteiger partial charge in [0.1, 0.15) is 5.03 Å². The molecule has 2 heterocycles. The summed E-state index contributed by atoms with van der Waals surface area (Å²) in [6, 6.07) is 8.35. The van der Waals surface area contributed by atoms with Gasteiger partial charge in [-0.15, -0.1) is 0 Å². The second kappa shape index (κ2) is 6.68. The lowest BCUT2D eigenvalue weighted by Crippen LogP contribution is -2.32. The van der Waals surface area contributed by atoms with E-state index >= 15 is 0 Å². The van der Waals surface area contributed by atoms with Gasteiger partial charge < -0.3 is 9.90 Å². The first-order chi connectivity index (χ1) is 11.9. The molecule has 3 rings (SSSR count). The number of carbonyl (C=O) groups excluding carboxylic acids is 3. The molecule has 1 fully saturated rings. The van der Waals surface area contributed by atoms with E-state index in [0.29, 0.717) is 5.69 Å². The molecule has 25 heavy (non-hydrogen) atoms. The number of pyridine rings is 1. The van der Waals surface area contributed by atoms with Gasteiger partial charge in [-0.2, -0.15) is 0 Å². The van der Waals surface area contributed by atoms with Gasteiger partial charge in [0.25, 0.3) is 0 Å². The van der Waals surface area contributed by atoms with Crippen LogP contribution in [0.15, 0.2) is 41.6 Å². The zero-order chi connectivity index (χ0) is 18.1. The summed E-state index contributed by atoms with van der Waals surface area (Å²) >= 11 is 0.981. The number of carboxylic acid groups (broad SMARTS) is 1. The predicted molar refractivity (Wildman–Crippen MR) is 91.2 cm³/mol. The van der Waals surface area contributed by atoms with Crippen LogP contribution in [0.4, 0.5) is 5.69 Å². The number of aromatic nitrogens is 1. The van der Waals surface area contributed by atoms with Crippen LogP contribution in [0.3, 0.4) is 0 Å². The molecule has 6 nitrogen and oxygen atoms in total. The number of imide groups is 1. The van der Waals surface area contributed by atoms with E-state index in [0.717, 1.165) is 22.9 Å². The first-order valence-electron chi connectivity index (χ1n) is 7.65. The Labute approximate surface area is 148 Å². The molecule has 0 aliphatic carbocycles. The molecule has 1 atom stereocenters. The van der Waals surface area contributed by atoms with Gasteiger partial charge in [-0.1, -0.05) is 29.5 Å². The van der Waals surface area contributed by atoms with E-state index in [1.54, 1.807) is 6.07 Å². The summed E-state index contributed by atoms with van der Waals surface area (Å²) in [7, 11) is 0. The third-order valence-electron chi connectivity index (χ3n) is 3.94. The third-order valence-corrected chi connectivity index (χ3v) is 5.14. The zero-order valence-corrected chi connectivity index (χ0v) is 14.5. The first-order valence-corrected chi connectivity index (χ1v) is 8.53. The molecule has 0 bridgehead atoms. The summed E-state index contributed by atoms with van der Waals surface area (Å²) in [6.45, 7) is 3.78. The van der Waals surface area contributed by atoms with Crippen LogP contribution < -0.4 is 10.0 Å².